The number of hydrogen-bond acceptors (Lipinski definition) is 7. The monoisotopic (exact) mass is 387 g/mol. The Kier molecular flexibility index (Phi) is 4.95. The molecule has 2 aromatic heterocycles. The van der Waals surface area contributed by atoms with Crippen LogP contribution in [0.25, 0.3) is 11.6 Å². The Labute approximate surface area is 164 Å². The molecule has 0 saturated heterocycles. The quantitative estimate of drug-likeness (QED) is 0.731. The lowest BCUT2D eigenvalue weighted by molar-refractivity contribution is -0.129. The van der Waals surface area contributed by atoms with Crippen LogP contribution in [-0.4, -0.2) is 37.3 Å². The van der Waals surface area contributed by atoms with Gasteiger partial charge in [-0.2, -0.15) is 10.1 Å². The minimum absolute atomic E-state index is 0.00313. The van der Waals surface area contributed by atoms with Gasteiger partial charge in [0.25, 0.3) is 0 Å². The molecule has 4 rings (SSSR count). The Hall–Kier alpha value is -2.29. The van der Waals surface area contributed by atoms with Crippen LogP contribution in [0.15, 0.2) is 10.9 Å². The highest BCUT2D eigenvalue weighted by Crippen LogP contribution is 2.42. The first-order valence-electron chi connectivity index (χ1n) is 10.1. The Bertz CT molecular complexity index is 797. The molecule has 2 saturated carbocycles. The standard InChI is InChI=1S/C19H29N7O2/c1-19(2,3)14(18-24-16(26-28-18)15-21-9-22-25-15)23-17(27)12-7-10-5-4-6-11(8-12)13(10)20/h9-14H,4-8,20H2,1-3H3,(H,23,27)(H,21,22,25). The number of nitrogens with two attached hydrogens (primary N) is 1. The number of nitrogens with zero attached hydrogens (tertiary/aromatic N) is 4. The van der Waals surface area contributed by atoms with Crippen LogP contribution >= 0.6 is 0 Å². The van der Waals surface area contributed by atoms with Gasteiger partial charge in [0.05, 0.1) is 0 Å². The third-order valence-electron chi connectivity index (χ3n) is 6.25. The number of fused-ring (bicyclic) bond motifs is 2. The fourth-order valence-electron chi connectivity index (χ4n) is 4.67. The van der Waals surface area contributed by atoms with Gasteiger partial charge >= 0.3 is 0 Å². The molecule has 0 aromatic carbocycles. The topological polar surface area (TPSA) is 136 Å². The molecule has 28 heavy (non-hydrogen) atoms. The van der Waals surface area contributed by atoms with Crippen LogP contribution in [0.3, 0.4) is 0 Å². The number of nitrogens with one attached hydrogen (secondary N) is 2. The van der Waals surface area contributed by atoms with E-state index in [0.29, 0.717) is 29.4 Å². The smallest absolute Gasteiger partial charge is 0.250 e. The Morgan fingerprint density at radius 1 is 1.32 bits per heavy atom. The lowest BCUT2D eigenvalue weighted by Crippen LogP contribution is -2.50. The molecule has 3 atom stereocenters. The van der Waals surface area contributed by atoms with Crippen LogP contribution in [0.4, 0.5) is 0 Å². The van der Waals surface area contributed by atoms with Gasteiger partial charge in [0.2, 0.25) is 17.6 Å². The summed E-state index contributed by atoms with van der Waals surface area (Å²) in [4.78, 5) is 21.6. The summed E-state index contributed by atoms with van der Waals surface area (Å²) in [6.45, 7) is 6.13. The highest BCUT2D eigenvalue weighted by Gasteiger charge is 2.42. The van der Waals surface area contributed by atoms with Crippen molar-refractivity contribution < 1.29 is 9.32 Å². The van der Waals surface area contributed by atoms with Gasteiger partial charge in [0.15, 0.2) is 5.82 Å². The number of H-pyrrole nitrogens is 1. The average molecular weight is 387 g/mol. The summed E-state index contributed by atoms with van der Waals surface area (Å²) in [5.41, 5.74) is 6.09. The summed E-state index contributed by atoms with van der Waals surface area (Å²) >= 11 is 0. The van der Waals surface area contributed by atoms with Crippen molar-refractivity contribution in [1.82, 2.24) is 30.6 Å². The molecular weight excluding hydrogens is 358 g/mol. The summed E-state index contributed by atoms with van der Waals surface area (Å²) in [5.74, 6) is 2.10. The maximum absolute atomic E-state index is 13.1. The Morgan fingerprint density at radius 3 is 2.64 bits per heavy atom. The minimum Gasteiger partial charge on any atom is -0.344 e. The first-order valence-corrected chi connectivity index (χ1v) is 10.1. The van der Waals surface area contributed by atoms with Gasteiger partial charge in [-0.1, -0.05) is 32.3 Å². The molecule has 1 amide bonds. The van der Waals surface area contributed by atoms with E-state index in [2.05, 4.69) is 30.6 Å². The van der Waals surface area contributed by atoms with Crippen molar-refractivity contribution in [2.75, 3.05) is 0 Å². The van der Waals surface area contributed by atoms with E-state index in [0.717, 1.165) is 25.7 Å². The molecule has 0 radical (unpaired) electrons. The van der Waals surface area contributed by atoms with E-state index >= 15 is 0 Å². The normalized spacial score (nSPS) is 28.7. The fraction of sp³-hybridized carbons (Fsp3) is 0.737. The minimum atomic E-state index is -0.389. The number of carbonyl (C=O) groups excluding carboxylic acids is 1. The number of hydrogen-bond donors (Lipinski definition) is 3. The van der Waals surface area contributed by atoms with Crippen LogP contribution < -0.4 is 11.1 Å². The summed E-state index contributed by atoms with van der Waals surface area (Å²) in [7, 11) is 0. The second kappa shape index (κ2) is 7.27. The van der Waals surface area contributed by atoms with Crippen molar-refractivity contribution in [2.24, 2.45) is 28.9 Å². The number of aromatic nitrogens is 5. The molecule has 9 nitrogen and oxygen atoms in total. The van der Waals surface area contributed by atoms with Gasteiger partial charge in [0.1, 0.15) is 12.4 Å². The summed E-state index contributed by atoms with van der Waals surface area (Å²) in [6.07, 6.45) is 6.62. The fourth-order valence-corrected chi connectivity index (χ4v) is 4.67. The third kappa shape index (κ3) is 3.67. The van der Waals surface area contributed by atoms with E-state index in [4.69, 9.17) is 10.3 Å². The molecule has 3 unspecified atom stereocenters. The van der Waals surface area contributed by atoms with Gasteiger partial charge < -0.3 is 15.6 Å². The molecule has 4 N–H and O–H groups in total. The van der Waals surface area contributed by atoms with Gasteiger partial charge in [-0.15, -0.1) is 0 Å². The highest BCUT2D eigenvalue weighted by molar-refractivity contribution is 5.79. The first kappa shape index (κ1) is 19.0. The Balaban J connectivity index is 1.50. The number of rotatable bonds is 4. The molecule has 2 bridgehead atoms. The molecule has 2 heterocycles. The van der Waals surface area contributed by atoms with Crippen molar-refractivity contribution >= 4 is 5.91 Å². The molecule has 2 aliphatic carbocycles. The summed E-state index contributed by atoms with van der Waals surface area (Å²) in [5, 5.41) is 13.7. The number of amides is 1. The predicted octanol–water partition coefficient (Wildman–Crippen LogP) is 2.21. The molecule has 0 spiro atoms. The molecule has 2 aliphatic rings. The maximum atomic E-state index is 13.1. The zero-order chi connectivity index (χ0) is 19.9. The van der Waals surface area contributed by atoms with Crippen molar-refractivity contribution in [3.63, 3.8) is 0 Å². The van der Waals surface area contributed by atoms with Crippen molar-refractivity contribution in [3.05, 3.63) is 12.2 Å². The summed E-state index contributed by atoms with van der Waals surface area (Å²) in [6, 6.07) is -0.142. The van der Waals surface area contributed by atoms with Crippen LogP contribution in [0.5, 0.6) is 0 Å². The van der Waals surface area contributed by atoms with Crippen LogP contribution in [0.2, 0.25) is 0 Å². The molecule has 2 aromatic rings. The van der Waals surface area contributed by atoms with E-state index < -0.39 is 0 Å². The zero-order valence-corrected chi connectivity index (χ0v) is 16.7. The van der Waals surface area contributed by atoms with Gasteiger partial charge in [-0.25, -0.2) is 4.98 Å². The molecule has 0 aliphatic heterocycles. The van der Waals surface area contributed by atoms with Crippen molar-refractivity contribution in [2.45, 2.75) is 65.0 Å². The highest BCUT2D eigenvalue weighted by atomic mass is 16.5. The van der Waals surface area contributed by atoms with E-state index in [-0.39, 0.29) is 29.3 Å². The third-order valence-corrected chi connectivity index (χ3v) is 6.25. The van der Waals surface area contributed by atoms with Gasteiger partial charge in [-0.05, 0) is 42.9 Å². The molecular formula is C19H29N7O2. The van der Waals surface area contributed by atoms with E-state index in [9.17, 15) is 4.79 Å². The second-order valence-corrected chi connectivity index (χ2v) is 9.29. The van der Waals surface area contributed by atoms with E-state index in [1.807, 2.05) is 20.8 Å². The molecule has 2 fully saturated rings. The molecule has 152 valence electrons. The van der Waals surface area contributed by atoms with Crippen molar-refractivity contribution in [1.29, 1.82) is 0 Å². The first-order chi connectivity index (χ1) is 13.3. The van der Waals surface area contributed by atoms with Crippen LogP contribution in [0, 0.1) is 23.2 Å². The number of carbonyl (C=O) groups is 1. The predicted molar refractivity (Wildman–Crippen MR) is 102 cm³/mol. The largest absolute Gasteiger partial charge is 0.344 e. The maximum Gasteiger partial charge on any atom is 0.250 e. The van der Waals surface area contributed by atoms with Crippen LogP contribution in [-0.2, 0) is 4.79 Å². The van der Waals surface area contributed by atoms with Crippen LogP contribution in [0.1, 0.15) is 64.8 Å². The van der Waals surface area contributed by atoms with Crippen molar-refractivity contribution in [3.8, 4) is 11.6 Å². The SMILES string of the molecule is CC(C)(C)C(NC(=O)C1CC2CCCC(C1)C2N)c1nc(-c2ncn[nH]2)no1. The summed E-state index contributed by atoms with van der Waals surface area (Å²) < 4.78 is 5.47. The molecule has 9 heteroatoms. The Morgan fingerprint density at radius 2 is 2.04 bits per heavy atom. The zero-order valence-electron chi connectivity index (χ0n) is 16.7. The lowest BCUT2D eigenvalue weighted by atomic mass is 9.65. The average Bonchev–Trinajstić information content (AvgIpc) is 3.29. The lowest BCUT2D eigenvalue weighted by Gasteiger charge is -2.44. The van der Waals surface area contributed by atoms with E-state index in [1.165, 1.54) is 12.7 Å². The number of aromatic amines is 1. The second-order valence-electron chi connectivity index (χ2n) is 9.29. The van der Waals surface area contributed by atoms with Gasteiger partial charge in [-0.3, -0.25) is 9.89 Å². The van der Waals surface area contributed by atoms with Gasteiger partial charge in [0, 0.05) is 12.0 Å². The van der Waals surface area contributed by atoms with E-state index in [1.54, 1.807) is 0 Å².